The summed E-state index contributed by atoms with van der Waals surface area (Å²) >= 11 is 0. The van der Waals surface area contributed by atoms with Crippen LogP contribution < -0.4 is 0 Å². The van der Waals surface area contributed by atoms with E-state index in [1.54, 1.807) is 0 Å². The first kappa shape index (κ1) is 14.5. The minimum atomic E-state index is 0.138. The molecule has 0 spiro atoms. The van der Waals surface area contributed by atoms with Crippen molar-refractivity contribution in [2.75, 3.05) is 6.54 Å². The lowest BCUT2D eigenvalue weighted by molar-refractivity contribution is -0.136. The molecule has 108 valence electrons. The van der Waals surface area contributed by atoms with E-state index in [-0.39, 0.29) is 17.9 Å². The molecule has 1 saturated heterocycles. The van der Waals surface area contributed by atoms with Crippen LogP contribution in [0.15, 0.2) is 0 Å². The van der Waals surface area contributed by atoms with Crippen LogP contribution in [0.4, 0.5) is 0 Å². The molecule has 3 nitrogen and oxygen atoms in total. The summed E-state index contributed by atoms with van der Waals surface area (Å²) in [5.74, 6) is 1.38. The van der Waals surface area contributed by atoms with E-state index in [1.165, 1.54) is 0 Å². The fourth-order valence-electron chi connectivity index (χ4n) is 3.49. The van der Waals surface area contributed by atoms with Gasteiger partial charge in [-0.2, -0.15) is 0 Å². The van der Waals surface area contributed by atoms with Gasteiger partial charge in [0.25, 0.3) is 0 Å². The van der Waals surface area contributed by atoms with E-state index in [0.29, 0.717) is 18.1 Å². The number of nitrogens with zero attached hydrogens (tertiary/aromatic N) is 1. The maximum absolute atomic E-state index is 12.3. The van der Waals surface area contributed by atoms with Crippen molar-refractivity contribution in [3.63, 3.8) is 0 Å². The van der Waals surface area contributed by atoms with Gasteiger partial charge < -0.3 is 4.90 Å². The molecule has 2 atom stereocenters. The molecule has 19 heavy (non-hydrogen) atoms. The van der Waals surface area contributed by atoms with Gasteiger partial charge in [0.05, 0.1) is 0 Å². The Labute approximate surface area is 116 Å². The van der Waals surface area contributed by atoms with Gasteiger partial charge in [-0.15, -0.1) is 0 Å². The summed E-state index contributed by atoms with van der Waals surface area (Å²) < 4.78 is 0. The Bertz CT molecular complexity index is 338. The van der Waals surface area contributed by atoms with Gasteiger partial charge in [0.15, 0.2) is 0 Å². The van der Waals surface area contributed by atoms with Crippen LogP contribution in [-0.2, 0) is 9.59 Å². The molecule has 1 aliphatic heterocycles. The first-order chi connectivity index (χ1) is 9.09. The third-order valence-corrected chi connectivity index (χ3v) is 4.62. The SMILES string of the molecule is CC(C)CCC(=O)N1CCCC1C1CCCCC1=O. The molecule has 0 radical (unpaired) electrons. The predicted octanol–water partition coefficient (Wildman–Crippen LogP) is 3.17. The highest BCUT2D eigenvalue weighted by Gasteiger charge is 2.38. The minimum absolute atomic E-state index is 0.138. The van der Waals surface area contributed by atoms with Crippen LogP contribution in [0.3, 0.4) is 0 Å². The van der Waals surface area contributed by atoms with E-state index in [9.17, 15) is 9.59 Å². The zero-order chi connectivity index (χ0) is 13.8. The Morgan fingerprint density at radius 3 is 2.74 bits per heavy atom. The average molecular weight is 265 g/mol. The van der Waals surface area contributed by atoms with Crippen molar-refractivity contribution in [3.8, 4) is 0 Å². The number of rotatable bonds is 4. The summed E-state index contributed by atoms with van der Waals surface area (Å²) in [6, 6.07) is 0.215. The largest absolute Gasteiger partial charge is 0.339 e. The van der Waals surface area contributed by atoms with E-state index in [0.717, 1.165) is 51.5 Å². The van der Waals surface area contributed by atoms with Gasteiger partial charge in [-0.3, -0.25) is 9.59 Å². The molecular formula is C16H27NO2. The fourth-order valence-corrected chi connectivity index (χ4v) is 3.49. The summed E-state index contributed by atoms with van der Waals surface area (Å²) in [6.07, 6.45) is 7.64. The lowest BCUT2D eigenvalue weighted by Crippen LogP contribution is -2.43. The molecule has 2 fully saturated rings. The summed E-state index contributed by atoms with van der Waals surface area (Å²) in [4.78, 5) is 26.4. The van der Waals surface area contributed by atoms with Crippen LogP contribution in [0.25, 0.3) is 0 Å². The Balaban J connectivity index is 1.95. The molecule has 3 heteroatoms. The van der Waals surface area contributed by atoms with Crippen molar-refractivity contribution >= 4 is 11.7 Å². The maximum Gasteiger partial charge on any atom is 0.222 e. The number of ketones is 1. The number of carbonyl (C=O) groups excluding carboxylic acids is 2. The molecule has 2 aliphatic rings. The molecule has 1 heterocycles. The zero-order valence-electron chi connectivity index (χ0n) is 12.4. The second-order valence-corrected chi connectivity index (χ2v) is 6.55. The van der Waals surface area contributed by atoms with Gasteiger partial charge in [-0.25, -0.2) is 0 Å². The number of carbonyl (C=O) groups is 2. The van der Waals surface area contributed by atoms with E-state index in [2.05, 4.69) is 13.8 Å². The highest BCUT2D eigenvalue weighted by atomic mass is 16.2. The van der Waals surface area contributed by atoms with Crippen LogP contribution in [0.1, 0.15) is 65.2 Å². The Kier molecular flexibility index (Phi) is 5.00. The van der Waals surface area contributed by atoms with Crippen molar-refractivity contribution in [3.05, 3.63) is 0 Å². The summed E-state index contributed by atoms with van der Waals surface area (Å²) in [7, 11) is 0. The van der Waals surface area contributed by atoms with E-state index < -0.39 is 0 Å². The monoisotopic (exact) mass is 265 g/mol. The van der Waals surface area contributed by atoms with Gasteiger partial charge in [-0.05, 0) is 38.0 Å². The van der Waals surface area contributed by atoms with Gasteiger partial charge in [0.1, 0.15) is 5.78 Å². The lowest BCUT2D eigenvalue weighted by atomic mass is 9.81. The topological polar surface area (TPSA) is 37.4 Å². The smallest absolute Gasteiger partial charge is 0.222 e. The highest BCUT2D eigenvalue weighted by molar-refractivity contribution is 5.84. The van der Waals surface area contributed by atoms with Gasteiger partial charge in [0, 0.05) is 31.3 Å². The quantitative estimate of drug-likeness (QED) is 0.783. The van der Waals surface area contributed by atoms with Crippen LogP contribution in [-0.4, -0.2) is 29.2 Å². The predicted molar refractivity (Wildman–Crippen MR) is 75.8 cm³/mol. The zero-order valence-corrected chi connectivity index (χ0v) is 12.4. The molecule has 0 N–H and O–H groups in total. The van der Waals surface area contributed by atoms with Crippen molar-refractivity contribution in [2.45, 2.75) is 71.3 Å². The maximum atomic E-state index is 12.3. The van der Waals surface area contributed by atoms with Gasteiger partial charge in [-0.1, -0.05) is 20.3 Å². The summed E-state index contributed by atoms with van der Waals surface area (Å²) in [5.41, 5.74) is 0. The van der Waals surface area contributed by atoms with Crippen LogP contribution in [0.5, 0.6) is 0 Å². The van der Waals surface area contributed by atoms with Crippen molar-refractivity contribution < 1.29 is 9.59 Å². The lowest BCUT2D eigenvalue weighted by Gasteiger charge is -2.33. The first-order valence-corrected chi connectivity index (χ1v) is 7.91. The normalized spacial score (nSPS) is 28.2. The van der Waals surface area contributed by atoms with Crippen LogP contribution >= 0.6 is 0 Å². The Morgan fingerprint density at radius 2 is 2.05 bits per heavy atom. The molecule has 1 amide bonds. The number of likely N-dealkylation sites (tertiary alicyclic amines) is 1. The van der Waals surface area contributed by atoms with E-state index >= 15 is 0 Å². The summed E-state index contributed by atoms with van der Waals surface area (Å²) in [5, 5.41) is 0. The molecule has 0 bridgehead atoms. The third kappa shape index (κ3) is 3.58. The second kappa shape index (κ2) is 6.53. The van der Waals surface area contributed by atoms with Gasteiger partial charge in [0.2, 0.25) is 5.91 Å². The number of amides is 1. The number of hydrogen-bond donors (Lipinski definition) is 0. The number of hydrogen-bond acceptors (Lipinski definition) is 2. The summed E-state index contributed by atoms with van der Waals surface area (Å²) in [6.45, 7) is 5.17. The van der Waals surface area contributed by atoms with Crippen LogP contribution in [0, 0.1) is 11.8 Å². The van der Waals surface area contributed by atoms with Crippen molar-refractivity contribution in [1.82, 2.24) is 4.90 Å². The highest BCUT2D eigenvalue weighted by Crippen LogP contribution is 2.32. The minimum Gasteiger partial charge on any atom is -0.339 e. The first-order valence-electron chi connectivity index (χ1n) is 7.91. The standard InChI is InChI=1S/C16H27NO2/c1-12(2)9-10-16(19)17-11-5-7-14(17)13-6-3-4-8-15(13)18/h12-14H,3-11H2,1-2H3. The van der Waals surface area contributed by atoms with Crippen molar-refractivity contribution in [1.29, 1.82) is 0 Å². The molecule has 2 rings (SSSR count). The third-order valence-electron chi connectivity index (χ3n) is 4.62. The average Bonchev–Trinajstić information content (AvgIpc) is 2.85. The number of Topliss-reactive ketones (excluding diaryl/α,β-unsaturated/α-hetero) is 1. The molecule has 2 unspecified atom stereocenters. The Hall–Kier alpha value is -0.860. The van der Waals surface area contributed by atoms with E-state index in [1.807, 2.05) is 4.90 Å². The molecule has 0 aromatic rings. The molecular weight excluding hydrogens is 238 g/mol. The molecule has 0 aromatic carbocycles. The van der Waals surface area contributed by atoms with Crippen molar-refractivity contribution in [2.24, 2.45) is 11.8 Å². The molecule has 0 aromatic heterocycles. The molecule has 1 aliphatic carbocycles. The molecule has 1 saturated carbocycles. The van der Waals surface area contributed by atoms with Gasteiger partial charge >= 0.3 is 0 Å². The Morgan fingerprint density at radius 1 is 1.26 bits per heavy atom. The van der Waals surface area contributed by atoms with E-state index in [4.69, 9.17) is 0 Å². The second-order valence-electron chi connectivity index (χ2n) is 6.55. The van der Waals surface area contributed by atoms with Crippen LogP contribution in [0.2, 0.25) is 0 Å². The fraction of sp³-hybridized carbons (Fsp3) is 0.875.